The van der Waals surface area contributed by atoms with Crippen molar-refractivity contribution in [3.8, 4) is 11.4 Å². The second kappa shape index (κ2) is 4.06. The minimum Gasteiger partial charge on any atom is -1.00 e. The molecule has 6 heteroatoms. The van der Waals surface area contributed by atoms with Crippen LogP contribution < -0.4 is 18.1 Å². The van der Waals surface area contributed by atoms with Crippen LogP contribution in [0.2, 0.25) is 0 Å². The molecule has 0 spiro atoms. The molecule has 0 amide bonds. The highest BCUT2D eigenvalue weighted by Gasteiger charge is 2.02. The molecule has 0 aliphatic carbocycles. The average Bonchev–Trinajstić information content (AvgIpc) is 2.53. The first-order chi connectivity index (χ1) is 6.25. The Balaban J connectivity index is 0.000000980. The fourth-order valence-electron chi connectivity index (χ4n) is 1.01. The summed E-state index contributed by atoms with van der Waals surface area (Å²) in [6.07, 6.45) is 0. The Morgan fingerprint density at radius 3 is 2.36 bits per heavy atom. The molecule has 0 bridgehead atoms. The molecule has 1 heterocycles. The monoisotopic (exact) mass is 213 g/mol. The molecular formula is C8H7ClFN4-. The normalized spacial score (nSPS) is 9.50. The third-order valence-corrected chi connectivity index (χ3v) is 1.62. The fraction of sp³-hybridized carbons (Fsp3) is 0. The number of benzene rings is 1. The van der Waals surface area contributed by atoms with E-state index in [1.807, 2.05) is 0 Å². The molecule has 0 radical (unpaired) electrons. The maximum atomic E-state index is 12.5. The molecule has 1 aromatic carbocycles. The van der Waals surface area contributed by atoms with Gasteiger partial charge in [0.25, 0.3) is 0 Å². The maximum absolute atomic E-state index is 12.5. The minimum atomic E-state index is -0.281. The molecule has 14 heavy (non-hydrogen) atoms. The molecule has 0 atom stereocenters. The molecular weight excluding hydrogens is 207 g/mol. The first-order valence-electron chi connectivity index (χ1n) is 3.69. The summed E-state index contributed by atoms with van der Waals surface area (Å²) in [5.74, 6) is 0.438. The van der Waals surface area contributed by atoms with Crippen molar-refractivity contribution in [3.63, 3.8) is 0 Å². The number of nitrogens with two attached hydrogens (primary N) is 1. The number of nitrogens with one attached hydrogen (secondary N) is 1. The summed E-state index contributed by atoms with van der Waals surface area (Å²) >= 11 is 0. The lowest BCUT2D eigenvalue weighted by atomic mass is 10.2. The lowest BCUT2D eigenvalue weighted by Crippen LogP contribution is -3.00. The molecule has 0 aliphatic rings. The van der Waals surface area contributed by atoms with Crippen molar-refractivity contribution in [1.82, 2.24) is 15.2 Å². The van der Waals surface area contributed by atoms with Crippen molar-refractivity contribution in [1.29, 1.82) is 0 Å². The smallest absolute Gasteiger partial charge is 0.239 e. The van der Waals surface area contributed by atoms with Crippen LogP contribution in [0.3, 0.4) is 0 Å². The van der Waals surface area contributed by atoms with Gasteiger partial charge in [-0.3, -0.25) is 5.10 Å². The van der Waals surface area contributed by atoms with E-state index in [2.05, 4.69) is 15.2 Å². The van der Waals surface area contributed by atoms with Gasteiger partial charge >= 0.3 is 0 Å². The molecule has 2 aromatic rings. The number of H-pyrrole nitrogens is 1. The van der Waals surface area contributed by atoms with Crippen molar-refractivity contribution in [2.24, 2.45) is 0 Å². The molecule has 0 aliphatic heterocycles. The zero-order chi connectivity index (χ0) is 9.26. The number of nitrogen functional groups attached to an aromatic ring is 1. The number of halogens is 2. The Morgan fingerprint density at radius 1 is 1.21 bits per heavy atom. The highest BCUT2D eigenvalue weighted by Crippen LogP contribution is 2.14. The standard InChI is InChI=1S/C8H7FN4.ClH/c9-6-3-1-5(2-4-6)7-11-8(10)13-12-7;/h1-4H,(H3,10,11,12,13);1H/p-1. The summed E-state index contributed by atoms with van der Waals surface area (Å²) in [4.78, 5) is 3.90. The van der Waals surface area contributed by atoms with Crippen LogP contribution in [0.25, 0.3) is 11.4 Å². The third kappa shape index (κ3) is 2.00. The van der Waals surface area contributed by atoms with Crippen molar-refractivity contribution in [2.75, 3.05) is 5.73 Å². The predicted octanol–water partition coefficient (Wildman–Crippen LogP) is -1.80. The van der Waals surface area contributed by atoms with Gasteiger partial charge in [-0.15, -0.1) is 5.10 Å². The van der Waals surface area contributed by atoms with Gasteiger partial charge in [0.2, 0.25) is 5.95 Å². The van der Waals surface area contributed by atoms with Crippen molar-refractivity contribution in [2.45, 2.75) is 0 Å². The molecule has 3 N–H and O–H groups in total. The molecule has 0 saturated heterocycles. The van der Waals surface area contributed by atoms with Crippen molar-refractivity contribution < 1.29 is 16.8 Å². The van der Waals surface area contributed by atoms with E-state index >= 15 is 0 Å². The molecule has 4 nitrogen and oxygen atoms in total. The summed E-state index contributed by atoms with van der Waals surface area (Å²) in [5, 5.41) is 6.30. The van der Waals surface area contributed by atoms with Crippen molar-refractivity contribution >= 4 is 5.95 Å². The van der Waals surface area contributed by atoms with Gasteiger partial charge in [-0.1, -0.05) is 0 Å². The van der Waals surface area contributed by atoms with Gasteiger partial charge in [-0.2, -0.15) is 4.98 Å². The number of aromatic amines is 1. The Bertz CT molecular complexity index is 412. The van der Waals surface area contributed by atoms with Crippen LogP contribution in [-0.2, 0) is 0 Å². The second-order valence-electron chi connectivity index (χ2n) is 2.55. The average molecular weight is 214 g/mol. The van der Waals surface area contributed by atoms with Gasteiger partial charge in [0.15, 0.2) is 5.82 Å². The van der Waals surface area contributed by atoms with Crippen LogP contribution in [-0.4, -0.2) is 15.2 Å². The highest BCUT2D eigenvalue weighted by molar-refractivity contribution is 5.55. The summed E-state index contributed by atoms with van der Waals surface area (Å²) in [5.41, 5.74) is 6.07. The Morgan fingerprint density at radius 2 is 1.86 bits per heavy atom. The minimum absolute atomic E-state index is 0. The molecule has 0 saturated carbocycles. The van der Waals surface area contributed by atoms with Crippen LogP contribution in [0.4, 0.5) is 10.3 Å². The maximum Gasteiger partial charge on any atom is 0.239 e. The zero-order valence-electron chi connectivity index (χ0n) is 7.04. The molecule has 2 rings (SSSR count). The van der Waals surface area contributed by atoms with Gasteiger partial charge in [-0.05, 0) is 24.3 Å². The summed E-state index contributed by atoms with van der Waals surface area (Å²) in [6.45, 7) is 0. The first kappa shape index (κ1) is 10.5. The van der Waals surface area contributed by atoms with E-state index in [1.165, 1.54) is 12.1 Å². The van der Waals surface area contributed by atoms with Crippen LogP contribution in [0, 0.1) is 5.82 Å². The Kier molecular flexibility index (Phi) is 3.03. The van der Waals surface area contributed by atoms with E-state index in [-0.39, 0.29) is 24.2 Å². The lowest BCUT2D eigenvalue weighted by Gasteiger charge is -1.93. The van der Waals surface area contributed by atoms with Gasteiger partial charge in [0, 0.05) is 5.56 Å². The fourth-order valence-corrected chi connectivity index (χ4v) is 1.01. The van der Waals surface area contributed by atoms with Gasteiger partial charge in [-0.25, -0.2) is 4.39 Å². The topological polar surface area (TPSA) is 67.6 Å². The zero-order valence-corrected chi connectivity index (χ0v) is 7.79. The third-order valence-electron chi connectivity index (χ3n) is 1.62. The Hall–Kier alpha value is -1.62. The number of anilines is 1. The van der Waals surface area contributed by atoms with E-state index in [0.29, 0.717) is 5.82 Å². The van der Waals surface area contributed by atoms with E-state index in [4.69, 9.17) is 5.73 Å². The number of hydrogen-bond donors (Lipinski definition) is 2. The van der Waals surface area contributed by atoms with Crippen molar-refractivity contribution in [3.05, 3.63) is 30.1 Å². The number of rotatable bonds is 1. The van der Waals surface area contributed by atoms with Gasteiger partial charge < -0.3 is 18.1 Å². The first-order valence-corrected chi connectivity index (χ1v) is 3.69. The molecule has 0 fully saturated rings. The van der Waals surface area contributed by atoms with E-state index in [0.717, 1.165) is 5.56 Å². The summed E-state index contributed by atoms with van der Waals surface area (Å²) in [6, 6.07) is 5.92. The molecule has 74 valence electrons. The number of nitrogens with zero attached hydrogens (tertiary/aromatic N) is 2. The van der Waals surface area contributed by atoms with Gasteiger partial charge in [0.05, 0.1) is 0 Å². The van der Waals surface area contributed by atoms with Crippen LogP contribution in [0.15, 0.2) is 24.3 Å². The SMILES string of the molecule is Nc1n[nH]c(-c2ccc(F)cc2)n1.[Cl-]. The summed E-state index contributed by atoms with van der Waals surface area (Å²) in [7, 11) is 0. The second-order valence-corrected chi connectivity index (χ2v) is 2.55. The van der Waals surface area contributed by atoms with Crippen LogP contribution in [0.1, 0.15) is 0 Å². The quantitative estimate of drug-likeness (QED) is 0.587. The van der Waals surface area contributed by atoms with E-state index < -0.39 is 0 Å². The Labute approximate surface area is 85.8 Å². The molecule has 1 aromatic heterocycles. The van der Waals surface area contributed by atoms with E-state index in [1.54, 1.807) is 12.1 Å². The largest absolute Gasteiger partial charge is 1.00 e. The van der Waals surface area contributed by atoms with E-state index in [9.17, 15) is 4.39 Å². The van der Waals surface area contributed by atoms with Gasteiger partial charge in [0.1, 0.15) is 5.82 Å². The van der Waals surface area contributed by atoms with Crippen LogP contribution in [0.5, 0.6) is 0 Å². The number of aromatic nitrogens is 3. The number of hydrogen-bond acceptors (Lipinski definition) is 3. The predicted molar refractivity (Wildman–Crippen MR) is 46.2 cm³/mol. The molecule has 0 unspecified atom stereocenters. The highest BCUT2D eigenvalue weighted by atomic mass is 35.5. The van der Waals surface area contributed by atoms with Crippen LogP contribution >= 0.6 is 0 Å². The summed E-state index contributed by atoms with van der Waals surface area (Å²) < 4.78 is 12.5. The lowest BCUT2D eigenvalue weighted by molar-refractivity contribution is -0.00000349.